The fourth-order valence-corrected chi connectivity index (χ4v) is 4.09. The third kappa shape index (κ3) is 3.23. The minimum Gasteiger partial charge on any atom is -0.484 e. The highest BCUT2D eigenvalue weighted by molar-refractivity contribution is 7.10. The molecule has 0 aliphatic carbocycles. The van der Waals surface area contributed by atoms with E-state index in [1.807, 2.05) is 11.3 Å². The van der Waals surface area contributed by atoms with Gasteiger partial charge in [-0.3, -0.25) is 4.90 Å². The average molecular weight is 346 g/mol. The summed E-state index contributed by atoms with van der Waals surface area (Å²) in [6, 6.07) is 15.1. The molecule has 1 unspecified atom stereocenters. The lowest BCUT2D eigenvalue weighted by atomic mass is 10.1. The Bertz CT molecular complexity index is 829. The Morgan fingerprint density at radius 2 is 1.87 bits per heavy atom. The van der Waals surface area contributed by atoms with Crippen molar-refractivity contribution in [2.45, 2.75) is 19.6 Å². The first-order valence-electron chi connectivity index (χ1n) is 7.61. The van der Waals surface area contributed by atoms with Crippen molar-refractivity contribution < 1.29 is 4.74 Å². The third-order valence-electron chi connectivity index (χ3n) is 4.24. The monoisotopic (exact) mass is 345 g/mol. The molecule has 0 fully saturated rings. The molecule has 1 aliphatic rings. The minimum atomic E-state index is 0. The van der Waals surface area contributed by atoms with Gasteiger partial charge in [0.05, 0.1) is 4.88 Å². The molecule has 0 spiro atoms. The lowest BCUT2D eigenvalue weighted by molar-refractivity contribution is 0.133. The number of thiophene rings is 1. The Morgan fingerprint density at radius 1 is 1.09 bits per heavy atom. The SMILES string of the molecule is Cc1ccc2cc(OC3CN(C)Cc4ccsc43)ccc2c1.Cl. The van der Waals surface area contributed by atoms with Crippen molar-refractivity contribution in [2.75, 3.05) is 13.6 Å². The van der Waals surface area contributed by atoms with Gasteiger partial charge in [0.15, 0.2) is 0 Å². The molecule has 120 valence electrons. The average Bonchev–Trinajstić information content (AvgIpc) is 2.95. The van der Waals surface area contributed by atoms with E-state index in [1.165, 1.54) is 26.8 Å². The molecular weight excluding hydrogens is 326 g/mol. The molecule has 2 nitrogen and oxygen atoms in total. The predicted molar refractivity (Wildman–Crippen MR) is 100.0 cm³/mol. The van der Waals surface area contributed by atoms with Gasteiger partial charge in [0.1, 0.15) is 11.9 Å². The normalized spacial score (nSPS) is 17.6. The van der Waals surface area contributed by atoms with Gasteiger partial charge >= 0.3 is 0 Å². The zero-order chi connectivity index (χ0) is 15.1. The summed E-state index contributed by atoms with van der Waals surface area (Å²) in [6.45, 7) is 4.09. The zero-order valence-corrected chi connectivity index (χ0v) is 14.9. The topological polar surface area (TPSA) is 12.5 Å². The van der Waals surface area contributed by atoms with Crippen LogP contribution in [0.5, 0.6) is 5.75 Å². The number of likely N-dealkylation sites (N-methyl/N-ethyl adjacent to an activating group) is 1. The molecule has 1 aromatic heterocycles. The van der Waals surface area contributed by atoms with E-state index in [-0.39, 0.29) is 18.5 Å². The summed E-state index contributed by atoms with van der Waals surface area (Å²) in [5, 5.41) is 4.67. The van der Waals surface area contributed by atoms with Crippen LogP contribution in [0, 0.1) is 6.92 Å². The van der Waals surface area contributed by atoms with E-state index in [4.69, 9.17) is 4.74 Å². The summed E-state index contributed by atoms with van der Waals surface area (Å²) >= 11 is 1.81. The largest absolute Gasteiger partial charge is 0.484 e. The molecule has 4 heteroatoms. The Hall–Kier alpha value is -1.55. The van der Waals surface area contributed by atoms with Crippen molar-refractivity contribution in [3.8, 4) is 5.75 Å². The molecule has 4 rings (SSSR count). The molecule has 0 saturated heterocycles. The smallest absolute Gasteiger partial charge is 0.146 e. The Balaban J connectivity index is 0.00000156. The van der Waals surface area contributed by atoms with Gasteiger partial charge in [-0.05, 0) is 53.9 Å². The van der Waals surface area contributed by atoms with Crippen LogP contribution in [-0.2, 0) is 6.54 Å². The van der Waals surface area contributed by atoms with E-state index in [9.17, 15) is 0 Å². The second-order valence-electron chi connectivity index (χ2n) is 6.13. The van der Waals surface area contributed by atoms with Gasteiger partial charge < -0.3 is 4.74 Å². The maximum absolute atomic E-state index is 6.32. The first kappa shape index (κ1) is 16.3. The van der Waals surface area contributed by atoms with Gasteiger partial charge in [0, 0.05) is 13.1 Å². The third-order valence-corrected chi connectivity index (χ3v) is 5.29. The van der Waals surface area contributed by atoms with E-state index in [0.717, 1.165) is 18.8 Å². The van der Waals surface area contributed by atoms with E-state index in [0.29, 0.717) is 0 Å². The van der Waals surface area contributed by atoms with Crippen LogP contribution >= 0.6 is 23.7 Å². The first-order chi connectivity index (χ1) is 10.7. The van der Waals surface area contributed by atoms with Gasteiger partial charge in [0.2, 0.25) is 0 Å². The number of ether oxygens (including phenoxy) is 1. The summed E-state index contributed by atoms with van der Waals surface area (Å²) < 4.78 is 6.32. The Morgan fingerprint density at radius 3 is 2.74 bits per heavy atom. The summed E-state index contributed by atoms with van der Waals surface area (Å²) in [4.78, 5) is 3.70. The number of hydrogen-bond donors (Lipinski definition) is 0. The molecule has 23 heavy (non-hydrogen) atoms. The summed E-state index contributed by atoms with van der Waals surface area (Å²) in [5.74, 6) is 0.955. The van der Waals surface area contributed by atoms with Crippen molar-refractivity contribution in [1.82, 2.24) is 4.90 Å². The highest BCUT2D eigenvalue weighted by Crippen LogP contribution is 2.34. The van der Waals surface area contributed by atoms with E-state index < -0.39 is 0 Å². The lowest BCUT2D eigenvalue weighted by Gasteiger charge is -2.30. The Kier molecular flexibility index (Phi) is 4.62. The molecule has 2 heterocycles. The van der Waals surface area contributed by atoms with Crippen LogP contribution in [-0.4, -0.2) is 18.5 Å². The molecule has 3 aromatic rings. The number of fused-ring (bicyclic) bond motifs is 2. The molecular formula is C19H20ClNOS. The van der Waals surface area contributed by atoms with E-state index in [2.05, 4.69) is 66.7 Å². The van der Waals surface area contributed by atoms with E-state index in [1.54, 1.807) is 0 Å². The maximum atomic E-state index is 6.32. The lowest BCUT2D eigenvalue weighted by Crippen LogP contribution is -2.31. The molecule has 0 bridgehead atoms. The molecule has 0 saturated carbocycles. The highest BCUT2D eigenvalue weighted by atomic mass is 35.5. The second-order valence-corrected chi connectivity index (χ2v) is 7.07. The van der Waals surface area contributed by atoms with Gasteiger partial charge in [-0.2, -0.15) is 0 Å². The van der Waals surface area contributed by atoms with Gasteiger partial charge in [-0.15, -0.1) is 23.7 Å². The minimum absolute atomic E-state index is 0. The molecule has 0 radical (unpaired) electrons. The van der Waals surface area contributed by atoms with Crippen molar-refractivity contribution in [1.29, 1.82) is 0 Å². The number of benzene rings is 2. The summed E-state index contributed by atoms with van der Waals surface area (Å²) in [6.07, 6.45) is 0.136. The van der Waals surface area contributed by atoms with Crippen LogP contribution in [0.15, 0.2) is 47.8 Å². The summed E-state index contributed by atoms with van der Waals surface area (Å²) in [5.41, 5.74) is 2.69. The van der Waals surface area contributed by atoms with Crippen LogP contribution in [0.25, 0.3) is 10.8 Å². The van der Waals surface area contributed by atoms with Gasteiger partial charge in [0.25, 0.3) is 0 Å². The number of nitrogens with zero attached hydrogens (tertiary/aromatic N) is 1. The standard InChI is InChI=1S/C19H19NOS.ClH/c1-13-3-4-15-10-17(6-5-14(15)9-13)21-18-12-20(2)11-16-7-8-22-19(16)18;/h3-10,18H,11-12H2,1-2H3;1H. The first-order valence-corrected chi connectivity index (χ1v) is 8.49. The highest BCUT2D eigenvalue weighted by Gasteiger charge is 2.26. The van der Waals surface area contributed by atoms with Gasteiger partial charge in [-0.1, -0.05) is 29.8 Å². The van der Waals surface area contributed by atoms with E-state index >= 15 is 0 Å². The second kappa shape index (κ2) is 6.52. The number of aryl methyl sites for hydroxylation is 1. The fraction of sp³-hybridized carbons (Fsp3) is 0.263. The molecule has 0 N–H and O–H groups in total. The number of halogens is 1. The van der Waals surface area contributed by atoms with Crippen LogP contribution < -0.4 is 4.74 Å². The van der Waals surface area contributed by atoms with Crippen LogP contribution in [0.2, 0.25) is 0 Å². The molecule has 1 aliphatic heterocycles. The number of rotatable bonds is 2. The molecule has 0 amide bonds. The zero-order valence-electron chi connectivity index (χ0n) is 13.3. The van der Waals surface area contributed by atoms with Crippen molar-refractivity contribution in [3.63, 3.8) is 0 Å². The van der Waals surface area contributed by atoms with Crippen molar-refractivity contribution >= 4 is 34.5 Å². The van der Waals surface area contributed by atoms with Crippen molar-refractivity contribution in [2.24, 2.45) is 0 Å². The molecule has 1 atom stereocenters. The predicted octanol–water partition coefficient (Wildman–Crippen LogP) is 5.20. The Labute approximate surface area is 147 Å². The summed E-state index contributed by atoms with van der Waals surface area (Å²) in [7, 11) is 2.15. The van der Waals surface area contributed by atoms with Crippen LogP contribution in [0.4, 0.5) is 0 Å². The number of hydrogen-bond acceptors (Lipinski definition) is 3. The quantitative estimate of drug-likeness (QED) is 0.633. The van der Waals surface area contributed by atoms with Crippen molar-refractivity contribution in [3.05, 3.63) is 63.8 Å². The van der Waals surface area contributed by atoms with Crippen LogP contribution in [0.3, 0.4) is 0 Å². The fourth-order valence-electron chi connectivity index (χ4n) is 3.15. The molecule has 2 aromatic carbocycles. The van der Waals surface area contributed by atoms with Crippen LogP contribution in [0.1, 0.15) is 22.1 Å². The maximum Gasteiger partial charge on any atom is 0.146 e. The van der Waals surface area contributed by atoms with Gasteiger partial charge in [-0.25, -0.2) is 0 Å².